The molecule has 144 valence electrons. The lowest BCUT2D eigenvalue weighted by Crippen LogP contribution is -2.44. The van der Waals surface area contributed by atoms with E-state index >= 15 is 0 Å². The third-order valence-corrected chi connectivity index (χ3v) is 4.99. The molecule has 3 rings (SSSR count). The monoisotopic (exact) mass is 438 g/mol. The average Bonchev–Trinajstić information content (AvgIpc) is 2.64. The molecule has 0 saturated carbocycles. The molecule has 7 heteroatoms. The first kappa shape index (κ1) is 19.9. The van der Waals surface area contributed by atoms with Gasteiger partial charge in [0.15, 0.2) is 0 Å². The molecule has 2 aromatic rings. The van der Waals surface area contributed by atoms with Crippen LogP contribution in [0, 0.1) is 11.6 Å². The van der Waals surface area contributed by atoms with Gasteiger partial charge in [-0.2, -0.15) is 0 Å². The zero-order valence-corrected chi connectivity index (χ0v) is 16.3. The van der Waals surface area contributed by atoms with E-state index in [1.54, 1.807) is 0 Å². The molecule has 27 heavy (non-hydrogen) atoms. The fourth-order valence-corrected chi connectivity index (χ4v) is 3.53. The molecule has 1 N–H and O–H groups in total. The molecule has 4 nitrogen and oxygen atoms in total. The lowest BCUT2D eigenvalue weighted by molar-refractivity contribution is -0.124. The molecule has 0 aliphatic carbocycles. The quantitative estimate of drug-likeness (QED) is 0.750. The molecule has 2 aromatic carbocycles. The van der Waals surface area contributed by atoms with E-state index in [9.17, 15) is 13.6 Å². The number of nitrogens with zero attached hydrogens (tertiary/aromatic N) is 1. The van der Waals surface area contributed by atoms with E-state index in [-0.39, 0.29) is 37.1 Å². The van der Waals surface area contributed by atoms with Crippen molar-refractivity contribution in [2.75, 3.05) is 32.8 Å². The maximum Gasteiger partial charge on any atom is 0.234 e. The van der Waals surface area contributed by atoms with Crippen LogP contribution >= 0.6 is 15.9 Å². The van der Waals surface area contributed by atoms with Crippen molar-refractivity contribution in [2.45, 2.75) is 12.5 Å². The lowest BCUT2D eigenvalue weighted by atomic mass is 10.1. The van der Waals surface area contributed by atoms with Gasteiger partial charge in [0.2, 0.25) is 5.91 Å². The Morgan fingerprint density at radius 1 is 1.22 bits per heavy atom. The fourth-order valence-electron chi connectivity index (χ4n) is 3.11. The van der Waals surface area contributed by atoms with Gasteiger partial charge < -0.3 is 10.1 Å². The van der Waals surface area contributed by atoms with Gasteiger partial charge in [-0.15, -0.1) is 0 Å². The van der Waals surface area contributed by atoms with Crippen LogP contribution in [-0.2, 0) is 16.0 Å². The Morgan fingerprint density at radius 2 is 1.96 bits per heavy atom. The van der Waals surface area contributed by atoms with Crippen LogP contribution in [0.2, 0.25) is 0 Å². The molecule has 0 bridgehead atoms. The fraction of sp³-hybridized carbons (Fsp3) is 0.350. The molecular formula is C20H21BrF2N2O2. The van der Waals surface area contributed by atoms with E-state index in [1.807, 2.05) is 29.2 Å². The van der Waals surface area contributed by atoms with Crippen molar-refractivity contribution in [2.24, 2.45) is 0 Å². The maximum absolute atomic E-state index is 13.6. The summed E-state index contributed by atoms with van der Waals surface area (Å²) < 4.78 is 34.0. The molecule has 0 spiro atoms. The number of carbonyl (C=O) groups is 1. The molecule has 1 saturated heterocycles. The van der Waals surface area contributed by atoms with Crippen molar-refractivity contribution < 1.29 is 18.3 Å². The molecule has 1 aliphatic rings. The molecule has 1 aliphatic heterocycles. The smallest absolute Gasteiger partial charge is 0.234 e. The van der Waals surface area contributed by atoms with E-state index in [4.69, 9.17) is 4.74 Å². The van der Waals surface area contributed by atoms with E-state index in [0.717, 1.165) is 10.0 Å². The van der Waals surface area contributed by atoms with Crippen LogP contribution in [0.3, 0.4) is 0 Å². The highest BCUT2D eigenvalue weighted by molar-refractivity contribution is 9.10. The van der Waals surface area contributed by atoms with Crippen LogP contribution in [0.15, 0.2) is 46.9 Å². The maximum atomic E-state index is 13.6. The van der Waals surface area contributed by atoms with E-state index < -0.39 is 11.6 Å². The highest BCUT2D eigenvalue weighted by atomic mass is 79.9. The molecule has 1 heterocycles. The summed E-state index contributed by atoms with van der Waals surface area (Å²) in [5.74, 6) is -1.34. The van der Waals surface area contributed by atoms with E-state index in [2.05, 4.69) is 21.2 Å². The Bertz CT molecular complexity index is 783. The van der Waals surface area contributed by atoms with Gasteiger partial charge in [0.25, 0.3) is 0 Å². The number of nitrogens with one attached hydrogen (secondary N) is 1. The average molecular weight is 439 g/mol. The first-order chi connectivity index (χ1) is 13.0. The predicted molar refractivity (Wildman–Crippen MR) is 102 cm³/mol. The minimum Gasteiger partial charge on any atom is -0.371 e. The number of carbonyl (C=O) groups excluding carboxylic acids is 1. The molecule has 1 amide bonds. The highest BCUT2D eigenvalue weighted by Gasteiger charge is 2.23. The third kappa shape index (κ3) is 5.57. The van der Waals surface area contributed by atoms with E-state index in [0.29, 0.717) is 19.7 Å². The normalized spacial score (nSPS) is 17.7. The van der Waals surface area contributed by atoms with Crippen LogP contribution < -0.4 is 5.32 Å². The SMILES string of the molecule is O=C(CN1CCOC(c2cccc(Br)c2)C1)NCCc1c(F)cccc1F. The summed E-state index contributed by atoms with van der Waals surface area (Å²) in [5.41, 5.74) is 1.06. The van der Waals surface area contributed by atoms with Gasteiger partial charge in [0, 0.05) is 29.7 Å². The zero-order chi connectivity index (χ0) is 19.2. The summed E-state index contributed by atoms with van der Waals surface area (Å²) in [6.07, 6.45) is 0.0326. The van der Waals surface area contributed by atoms with Crippen LogP contribution in [0.1, 0.15) is 17.2 Å². The number of hydrogen-bond donors (Lipinski definition) is 1. The van der Waals surface area contributed by atoms with Crippen molar-refractivity contribution in [3.05, 3.63) is 69.7 Å². The van der Waals surface area contributed by atoms with Gasteiger partial charge in [-0.3, -0.25) is 9.69 Å². The minimum atomic E-state index is -0.589. The van der Waals surface area contributed by atoms with Gasteiger partial charge in [-0.1, -0.05) is 34.1 Å². The second kappa shape index (κ2) is 9.39. The van der Waals surface area contributed by atoms with Gasteiger partial charge in [0.05, 0.1) is 19.3 Å². The van der Waals surface area contributed by atoms with Crippen molar-refractivity contribution >= 4 is 21.8 Å². The minimum absolute atomic E-state index is 0.00103. The molecular weight excluding hydrogens is 418 g/mol. The van der Waals surface area contributed by atoms with Crippen LogP contribution in [0.5, 0.6) is 0 Å². The van der Waals surface area contributed by atoms with Crippen molar-refractivity contribution in [3.63, 3.8) is 0 Å². The number of rotatable bonds is 6. The Hall–Kier alpha value is -1.83. The molecule has 1 atom stereocenters. The summed E-state index contributed by atoms with van der Waals surface area (Å²) in [6.45, 7) is 2.25. The molecule has 0 radical (unpaired) electrons. The zero-order valence-electron chi connectivity index (χ0n) is 14.8. The first-order valence-electron chi connectivity index (χ1n) is 8.82. The first-order valence-corrected chi connectivity index (χ1v) is 9.61. The number of benzene rings is 2. The summed E-state index contributed by atoms with van der Waals surface area (Å²) in [6, 6.07) is 11.7. The number of halogens is 3. The van der Waals surface area contributed by atoms with Gasteiger partial charge in [-0.05, 0) is 36.2 Å². The number of hydrogen-bond acceptors (Lipinski definition) is 3. The summed E-state index contributed by atoms with van der Waals surface area (Å²) in [4.78, 5) is 14.2. The number of ether oxygens (including phenoxy) is 1. The summed E-state index contributed by atoms with van der Waals surface area (Å²) in [5, 5.41) is 2.73. The lowest BCUT2D eigenvalue weighted by Gasteiger charge is -2.32. The molecule has 1 fully saturated rings. The van der Waals surface area contributed by atoms with Crippen LogP contribution in [0.4, 0.5) is 8.78 Å². The van der Waals surface area contributed by atoms with Gasteiger partial charge >= 0.3 is 0 Å². The Balaban J connectivity index is 1.47. The second-order valence-corrected chi connectivity index (χ2v) is 7.37. The summed E-state index contributed by atoms with van der Waals surface area (Å²) in [7, 11) is 0. The van der Waals surface area contributed by atoms with Crippen molar-refractivity contribution in [1.29, 1.82) is 0 Å². The van der Waals surface area contributed by atoms with Crippen LogP contribution in [-0.4, -0.2) is 43.6 Å². The topological polar surface area (TPSA) is 41.6 Å². The van der Waals surface area contributed by atoms with Crippen molar-refractivity contribution in [1.82, 2.24) is 10.2 Å². The Morgan fingerprint density at radius 3 is 2.70 bits per heavy atom. The Labute approximate surface area is 165 Å². The largest absolute Gasteiger partial charge is 0.371 e. The molecule has 0 aromatic heterocycles. The standard InChI is InChI=1S/C20H21BrF2N2O2/c21-15-4-1-3-14(11-15)19-12-25(9-10-27-19)13-20(26)24-8-7-16-17(22)5-2-6-18(16)23/h1-6,11,19H,7-10,12-13H2,(H,24,26). The second-order valence-electron chi connectivity index (χ2n) is 6.45. The predicted octanol–water partition coefficient (Wildman–Crippen LogP) is 3.46. The van der Waals surface area contributed by atoms with Gasteiger partial charge in [0.1, 0.15) is 11.6 Å². The summed E-state index contributed by atoms with van der Waals surface area (Å²) >= 11 is 3.46. The molecule has 1 unspecified atom stereocenters. The Kier molecular flexibility index (Phi) is 6.93. The highest BCUT2D eigenvalue weighted by Crippen LogP contribution is 2.24. The van der Waals surface area contributed by atoms with Gasteiger partial charge in [-0.25, -0.2) is 8.78 Å². The number of morpholine rings is 1. The number of amides is 1. The third-order valence-electron chi connectivity index (χ3n) is 4.50. The van der Waals surface area contributed by atoms with Crippen molar-refractivity contribution in [3.8, 4) is 0 Å². The van der Waals surface area contributed by atoms with E-state index in [1.165, 1.54) is 18.2 Å². The van der Waals surface area contributed by atoms with Crippen LogP contribution in [0.25, 0.3) is 0 Å².